The first kappa shape index (κ1) is 17.7. The molecule has 2 aromatic carbocycles. The number of fused-ring (bicyclic) bond motifs is 1. The highest BCUT2D eigenvalue weighted by atomic mass is 16.1. The van der Waals surface area contributed by atoms with Crippen LogP contribution in [0, 0.1) is 5.92 Å². The van der Waals surface area contributed by atoms with Crippen LogP contribution in [0.4, 0.5) is 5.95 Å². The maximum absolute atomic E-state index is 13.4. The van der Waals surface area contributed by atoms with E-state index < -0.39 is 0 Å². The SMILES string of the molecule is O=c1c2c(ncn2Cc2ccccc2)nc(NCc2ccccc2)n1CC1CC1. The first-order chi connectivity index (χ1) is 14.3. The molecule has 6 heteroatoms. The lowest BCUT2D eigenvalue weighted by atomic mass is 10.2. The second-order valence-electron chi connectivity index (χ2n) is 7.66. The maximum Gasteiger partial charge on any atom is 0.281 e. The number of hydrogen-bond acceptors (Lipinski definition) is 4. The van der Waals surface area contributed by atoms with Crippen LogP contribution >= 0.6 is 0 Å². The first-order valence-corrected chi connectivity index (χ1v) is 10.1. The van der Waals surface area contributed by atoms with Crippen molar-refractivity contribution in [2.24, 2.45) is 5.92 Å². The summed E-state index contributed by atoms with van der Waals surface area (Å²) in [6.07, 6.45) is 4.06. The predicted octanol–water partition coefficient (Wildman–Crippen LogP) is 3.66. The number of anilines is 1. The van der Waals surface area contributed by atoms with Crippen molar-refractivity contribution < 1.29 is 0 Å². The van der Waals surface area contributed by atoms with E-state index in [9.17, 15) is 4.79 Å². The van der Waals surface area contributed by atoms with Gasteiger partial charge in [0.15, 0.2) is 11.2 Å². The maximum atomic E-state index is 13.4. The molecule has 0 spiro atoms. The van der Waals surface area contributed by atoms with E-state index in [4.69, 9.17) is 4.98 Å². The fourth-order valence-electron chi connectivity index (χ4n) is 3.60. The zero-order valence-corrected chi connectivity index (χ0v) is 16.2. The molecule has 4 aromatic rings. The van der Waals surface area contributed by atoms with Gasteiger partial charge < -0.3 is 9.88 Å². The molecule has 146 valence electrons. The van der Waals surface area contributed by atoms with E-state index in [1.165, 1.54) is 12.8 Å². The van der Waals surface area contributed by atoms with Crippen LogP contribution in [0.3, 0.4) is 0 Å². The van der Waals surface area contributed by atoms with Crippen LogP contribution in [0.1, 0.15) is 24.0 Å². The molecule has 1 aliphatic carbocycles. The van der Waals surface area contributed by atoms with Gasteiger partial charge >= 0.3 is 0 Å². The summed E-state index contributed by atoms with van der Waals surface area (Å²) in [6.45, 7) is 1.93. The highest BCUT2D eigenvalue weighted by Gasteiger charge is 2.25. The van der Waals surface area contributed by atoms with Crippen molar-refractivity contribution >= 4 is 17.1 Å². The number of rotatable bonds is 7. The van der Waals surface area contributed by atoms with Crippen LogP contribution in [0.2, 0.25) is 0 Å². The Morgan fingerprint density at radius 3 is 2.34 bits per heavy atom. The molecule has 0 atom stereocenters. The third-order valence-electron chi connectivity index (χ3n) is 5.36. The molecule has 0 radical (unpaired) electrons. The average molecular weight is 385 g/mol. The van der Waals surface area contributed by atoms with Gasteiger partial charge in [-0.1, -0.05) is 60.7 Å². The van der Waals surface area contributed by atoms with E-state index >= 15 is 0 Å². The lowest BCUT2D eigenvalue weighted by Gasteiger charge is -2.14. The number of hydrogen-bond donors (Lipinski definition) is 1. The van der Waals surface area contributed by atoms with Crippen LogP contribution in [-0.2, 0) is 19.6 Å². The summed E-state index contributed by atoms with van der Waals surface area (Å²) in [5.74, 6) is 1.16. The Kier molecular flexibility index (Phi) is 4.60. The Labute approximate surface area is 168 Å². The fraction of sp³-hybridized carbons (Fsp3) is 0.261. The minimum Gasteiger partial charge on any atom is -0.351 e. The van der Waals surface area contributed by atoms with Crippen LogP contribution in [0.25, 0.3) is 11.2 Å². The molecule has 0 bridgehead atoms. The van der Waals surface area contributed by atoms with Crippen molar-refractivity contribution in [3.05, 3.63) is 88.5 Å². The van der Waals surface area contributed by atoms with E-state index in [1.54, 1.807) is 10.9 Å². The van der Waals surface area contributed by atoms with E-state index in [-0.39, 0.29) is 5.56 Å². The zero-order chi connectivity index (χ0) is 19.6. The van der Waals surface area contributed by atoms with E-state index in [0.29, 0.717) is 42.7 Å². The molecule has 1 saturated carbocycles. The van der Waals surface area contributed by atoms with Gasteiger partial charge in [-0.25, -0.2) is 4.98 Å². The van der Waals surface area contributed by atoms with Gasteiger partial charge in [0.1, 0.15) is 0 Å². The van der Waals surface area contributed by atoms with Crippen molar-refractivity contribution in [1.29, 1.82) is 0 Å². The predicted molar refractivity (Wildman–Crippen MR) is 114 cm³/mol. The van der Waals surface area contributed by atoms with E-state index in [2.05, 4.69) is 34.6 Å². The lowest BCUT2D eigenvalue weighted by Crippen LogP contribution is -2.27. The van der Waals surface area contributed by atoms with Gasteiger partial charge in [-0.05, 0) is 29.9 Å². The van der Waals surface area contributed by atoms with E-state index in [1.807, 2.05) is 41.0 Å². The third-order valence-corrected chi connectivity index (χ3v) is 5.36. The molecule has 0 saturated heterocycles. The summed E-state index contributed by atoms with van der Waals surface area (Å²) in [7, 11) is 0. The van der Waals surface area contributed by atoms with Gasteiger partial charge in [0.05, 0.1) is 6.33 Å². The summed E-state index contributed by atoms with van der Waals surface area (Å²) in [4.78, 5) is 22.6. The molecule has 1 fully saturated rings. The topological polar surface area (TPSA) is 64.7 Å². The minimum atomic E-state index is -0.0223. The van der Waals surface area contributed by atoms with Crippen molar-refractivity contribution in [2.45, 2.75) is 32.5 Å². The van der Waals surface area contributed by atoms with Crippen molar-refractivity contribution in [3.8, 4) is 0 Å². The number of nitrogens with zero attached hydrogens (tertiary/aromatic N) is 4. The monoisotopic (exact) mass is 385 g/mol. The highest BCUT2D eigenvalue weighted by Crippen LogP contribution is 2.31. The van der Waals surface area contributed by atoms with Crippen LogP contribution in [-0.4, -0.2) is 19.1 Å². The Hall–Kier alpha value is -3.41. The second-order valence-corrected chi connectivity index (χ2v) is 7.66. The molecule has 1 N–H and O–H groups in total. The summed E-state index contributed by atoms with van der Waals surface area (Å²) >= 11 is 0. The summed E-state index contributed by atoms with van der Waals surface area (Å²) < 4.78 is 3.70. The smallest absolute Gasteiger partial charge is 0.281 e. The zero-order valence-electron chi connectivity index (χ0n) is 16.2. The molecule has 2 aromatic heterocycles. The Morgan fingerprint density at radius 1 is 0.966 bits per heavy atom. The van der Waals surface area contributed by atoms with Crippen LogP contribution in [0.5, 0.6) is 0 Å². The molecule has 6 nitrogen and oxygen atoms in total. The third kappa shape index (κ3) is 3.78. The van der Waals surface area contributed by atoms with Gasteiger partial charge in [-0.15, -0.1) is 0 Å². The number of benzene rings is 2. The standard InChI is InChI=1S/C23H23N5O/c29-22-20-21(25-16-27(20)14-18-9-5-2-6-10-18)26-23(28(22)15-19-11-12-19)24-13-17-7-3-1-4-8-17/h1-10,16,19H,11-15H2,(H,24,26). The first-order valence-electron chi connectivity index (χ1n) is 10.1. The molecule has 1 aliphatic rings. The van der Waals surface area contributed by atoms with Crippen molar-refractivity contribution in [2.75, 3.05) is 5.32 Å². The largest absolute Gasteiger partial charge is 0.351 e. The quantitative estimate of drug-likeness (QED) is 0.527. The van der Waals surface area contributed by atoms with Crippen LogP contribution < -0.4 is 10.9 Å². The molecule has 29 heavy (non-hydrogen) atoms. The Morgan fingerprint density at radius 2 is 1.66 bits per heavy atom. The molecule has 0 unspecified atom stereocenters. The summed E-state index contributed by atoms with van der Waals surface area (Å²) in [5.41, 5.74) is 3.32. The number of imidazole rings is 1. The molecule has 0 aliphatic heterocycles. The van der Waals surface area contributed by atoms with E-state index in [0.717, 1.165) is 11.1 Å². The van der Waals surface area contributed by atoms with Crippen LogP contribution in [0.15, 0.2) is 71.8 Å². The highest BCUT2D eigenvalue weighted by molar-refractivity contribution is 5.71. The average Bonchev–Trinajstić information content (AvgIpc) is 3.49. The lowest BCUT2D eigenvalue weighted by molar-refractivity contribution is 0.604. The second kappa shape index (κ2) is 7.54. The minimum absolute atomic E-state index is 0.0223. The molecular weight excluding hydrogens is 362 g/mol. The molecule has 2 heterocycles. The Balaban J connectivity index is 1.52. The fourth-order valence-corrected chi connectivity index (χ4v) is 3.60. The molecule has 0 amide bonds. The molecular formula is C23H23N5O. The van der Waals surface area contributed by atoms with Gasteiger partial charge in [0, 0.05) is 19.6 Å². The van der Waals surface area contributed by atoms with Gasteiger partial charge in [-0.2, -0.15) is 4.98 Å². The van der Waals surface area contributed by atoms with Gasteiger partial charge in [-0.3, -0.25) is 9.36 Å². The van der Waals surface area contributed by atoms with Crippen molar-refractivity contribution in [1.82, 2.24) is 19.1 Å². The van der Waals surface area contributed by atoms with Gasteiger partial charge in [0.25, 0.3) is 5.56 Å². The van der Waals surface area contributed by atoms with Crippen molar-refractivity contribution in [3.63, 3.8) is 0 Å². The summed E-state index contributed by atoms with van der Waals surface area (Å²) in [6, 6.07) is 20.2. The normalized spacial score (nSPS) is 13.7. The Bertz CT molecular complexity index is 1180. The number of nitrogens with one attached hydrogen (secondary N) is 1. The molecule has 5 rings (SSSR count). The van der Waals surface area contributed by atoms with Gasteiger partial charge in [0.2, 0.25) is 5.95 Å². The summed E-state index contributed by atoms with van der Waals surface area (Å²) in [5, 5.41) is 3.36. The number of aromatic nitrogens is 4.